The van der Waals surface area contributed by atoms with Crippen molar-refractivity contribution in [2.75, 3.05) is 11.9 Å². The lowest BCUT2D eigenvalue weighted by molar-refractivity contribution is -0.384. The Hall–Kier alpha value is -1.59. The number of nitro groups is 1. The molecule has 0 spiro atoms. The van der Waals surface area contributed by atoms with Gasteiger partial charge in [0.15, 0.2) is 0 Å². The summed E-state index contributed by atoms with van der Waals surface area (Å²) in [5.74, 6) is 0.342. The molecular formula is C10H18N4O2. The fourth-order valence-corrected chi connectivity index (χ4v) is 1.18. The third-order valence-electron chi connectivity index (χ3n) is 2.70. The molecule has 0 aliphatic rings. The Morgan fingerprint density at radius 3 is 2.75 bits per heavy atom. The minimum Gasteiger partial charge on any atom is -0.362 e. The first kappa shape index (κ1) is 12.5. The highest BCUT2D eigenvalue weighted by Gasteiger charge is 2.21. The Bertz CT molecular complexity index is 384. The van der Waals surface area contributed by atoms with Gasteiger partial charge in [-0.25, -0.2) is 0 Å². The minimum absolute atomic E-state index is 0.0226. The molecule has 6 heteroatoms. The highest BCUT2D eigenvalue weighted by molar-refractivity contribution is 5.54. The van der Waals surface area contributed by atoms with Crippen molar-refractivity contribution in [3.05, 3.63) is 16.3 Å². The number of nitrogens with zero attached hydrogens (tertiary/aromatic N) is 3. The summed E-state index contributed by atoms with van der Waals surface area (Å²) in [6, 6.07) is 0. The lowest BCUT2D eigenvalue weighted by Gasteiger charge is -2.22. The zero-order chi connectivity index (χ0) is 12.3. The summed E-state index contributed by atoms with van der Waals surface area (Å²) in [6.45, 7) is 6.97. The van der Waals surface area contributed by atoms with Crippen molar-refractivity contribution in [1.82, 2.24) is 9.78 Å². The normalized spacial score (nSPS) is 11.5. The predicted octanol–water partition coefficient (Wildman–Crippen LogP) is 2.18. The van der Waals surface area contributed by atoms with Gasteiger partial charge in [-0.3, -0.25) is 14.8 Å². The minimum atomic E-state index is -0.422. The molecule has 0 bridgehead atoms. The third kappa shape index (κ3) is 2.95. The van der Waals surface area contributed by atoms with E-state index < -0.39 is 4.92 Å². The molecule has 0 atom stereocenters. The van der Waals surface area contributed by atoms with Gasteiger partial charge < -0.3 is 5.32 Å². The van der Waals surface area contributed by atoms with E-state index in [1.165, 1.54) is 10.9 Å². The summed E-state index contributed by atoms with van der Waals surface area (Å²) in [5, 5.41) is 17.8. The molecule has 0 saturated heterocycles. The predicted molar refractivity (Wildman–Crippen MR) is 62.4 cm³/mol. The van der Waals surface area contributed by atoms with Crippen molar-refractivity contribution < 1.29 is 4.92 Å². The number of hydrogen-bond donors (Lipinski definition) is 1. The van der Waals surface area contributed by atoms with Gasteiger partial charge >= 0.3 is 5.69 Å². The number of hydrogen-bond acceptors (Lipinski definition) is 4. The molecule has 0 aliphatic heterocycles. The summed E-state index contributed by atoms with van der Waals surface area (Å²) < 4.78 is 1.44. The Morgan fingerprint density at radius 1 is 1.62 bits per heavy atom. The first-order valence-corrected chi connectivity index (χ1v) is 5.27. The van der Waals surface area contributed by atoms with Crippen LogP contribution in [0, 0.1) is 15.5 Å². The Labute approximate surface area is 94.8 Å². The Morgan fingerprint density at radius 2 is 2.25 bits per heavy atom. The van der Waals surface area contributed by atoms with E-state index in [2.05, 4.69) is 31.2 Å². The summed E-state index contributed by atoms with van der Waals surface area (Å²) in [5.41, 5.74) is 0.125. The van der Waals surface area contributed by atoms with Crippen LogP contribution in [-0.2, 0) is 7.05 Å². The second-order valence-electron chi connectivity index (χ2n) is 4.67. The van der Waals surface area contributed by atoms with Gasteiger partial charge in [0, 0.05) is 13.6 Å². The van der Waals surface area contributed by atoms with Crippen LogP contribution in [0.1, 0.15) is 27.2 Å². The van der Waals surface area contributed by atoms with Crippen molar-refractivity contribution in [3.8, 4) is 0 Å². The highest BCUT2D eigenvalue weighted by Crippen LogP contribution is 2.25. The van der Waals surface area contributed by atoms with Crippen molar-refractivity contribution in [2.45, 2.75) is 27.2 Å². The SMILES string of the molecule is CCC(C)(C)CNc1nn(C)cc1[N+](=O)[O-]. The van der Waals surface area contributed by atoms with Gasteiger partial charge in [-0.2, -0.15) is 0 Å². The van der Waals surface area contributed by atoms with Crippen LogP contribution < -0.4 is 5.32 Å². The van der Waals surface area contributed by atoms with E-state index in [-0.39, 0.29) is 11.1 Å². The van der Waals surface area contributed by atoms with Crippen LogP contribution in [0.15, 0.2) is 6.20 Å². The molecule has 0 saturated carbocycles. The van der Waals surface area contributed by atoms with E-state index in [4.69, 9.17) is 0 Å². The maximum atomic E-state index is 10.7. The van der Waals surface area contributed by atoms with Crippen LogP contribution in [0.2, 0.25) is 0 Å². The molecule has 1 aromatic rings. The molecule has 0 amide bonds. The van der Waals surface area contributed by atoms with Crippen LogP contribution in [0.5, 0.6) is 0 Å². The first-order valence-electron chi connectivity index (χ1n) is 5.27. The number of aryl methyl sites for hydroxylation is 1. The van der Waals surface area contributed by atoms with E-state index >= 15 is 0 Å². The van der Waals surface area contributed by atoms with Gasteiger partial charge in [-0.05, 0) is 11.8 Å². The van der Waals surface area contributed by atoms with Crippen molar-refractivity contribution >= 4 is 11.5 Å². The van der Waals surface area contributed by atoms with Crippen LogP contribution in [0.3, 0.4) is 0 Å². The van der Waals surface area contributed by atoms with E-state index in [9.17, 15) is 10.1 Å². The quantitative estimate of drug-likeness (QED) is 0.617. The Kier molecular flexibility index (Phi) is 3.51. The zero-order valence-corrected chi connectivity index (χ0v) is 10.1. The molecule has 1 N–H and O–H groups in total. The maximum absolute atomic E-state index is 10.7. The van der Waals surface area contributed by atoms with Crippen molar-refractivity contribution in [2.24, 2.45) is 12.5 Å². The van der Waals surface area contributed by atoms with Crippen LogP contribution >= 0.6 is 0 Å². The van der Waals surface area contributed by atoms with E-state index in [0.717, 1.165) is 6.42 Å². The van der Waals surface area contributed by atoms with E-state index in [1.54, 1.807) is 7.05 Å². The molecule has 0 aromatic carbocycles. The van der Waals surface area contributed by atoms with Gasteiger partial charge in [0.05, 0.1) is 4.92 Å². The number of aromatic nitrogens is 2. The summed E-state index contributed by atoms with van der Waals surface area (Å²) >= 11 is 0. The maximum Gasteiger partial charge on any atom is 0.330 e. The molecule has 90 valence electrons. The Balaban J connectivity index is 2.77. The molecule has 1 rings (SSSR count). The largest absolute Gasteiger partial charge is 0.362 e. The molecular weight excluding hydrogens is 208 g/mol. The number of rotatable bonds is 5. The second kappa shape index (κ2) is 4.51. The lowest BCUT2D eigenvalue weighted by atomic mass is 9.90. The number of anilines is 1. The van der Waals surface area contributed by atoms with Crippen LogP contribution in [0.4, 0.5) is 11.5 Å². The van der Waals surface area contributed by atoms with Crippen LogP contribution in [0.25, 0.3) is 0 Å². The molecule has 6 nitrogen and oxygen atoms in total. The fourth-order valence-electron chi connectivity index (χ4n) is 1.18. The number of nitrogens with one attached hydrogen (secondary N) is 1. The molecule has 0 aliphatic carbocycles. The smallest absolute Gasteiger partial charge is 0.330 e. The van der Waals surface area contributed by atoms with Gasteiger partial charge in [0.25, 0.3) is 0 Å². The summed E-state index contributed by atoms with van der Waals surface area (Å²) in [7, 11) is 1.67. The molecule has 16 heavy (non-hydrogen) atoms. The van der Waals surface area contributed by atoms with Crippen LogP contribution in [-0.4, -0.2) is 21.2 Å². The fraction of sp³-hybridized carbons (Fsp3) is 0.700. The monoisotopic (exact) mass is 226 g/mol. The molecule has 0 unspecified atom stereocenters. The third-order valence-corrected chi connectivity index (χ3v) is 2.70. The van der Waals surface area contributed by atoms with Gasteiger partial charge in [-0.15, -0.1) is 5.10 Å². The lowest BCUT2D eigenvalue weighted by Crippen LogP contribution is -2.22. The summed E-state index contributed by atoms with van der Waals surface area (Å²) in [6.07, 6.45) is 2.40. The second-order valence-corrected chi connectivity index (χ2v) is 4.67. The summed E-state index contributed by atoms with van der Waals surface area (Å²) in [4.78, 5) is 10.3. The topological polar surface area (TPSA) is 73.0 Å². The van der Waals surface area contributed by atoms with E-state index in [0.29, 0.717) is 12.4 Å². The molecule has 0 fully saturated rings. The molecule has 1 aromatic heterocycles. The first-order chi connectivity index (χ1) is 7.35. The standard InChI is InChI=1S/C10H18N4O2/c1-5-10(2,3)7-11-9-8(14(15)16)6-13(4)12-9/h6H,5,7H2,1-4H3,(H,11,12). The van der Waals surface area contributed by atoms with Gasteiger partial charge in [0.2, 0.25) is 5.82 Å². The van der Waals surface area contributed by atoms with Crippen molar-refractivity contribution in [1.29, 1.82) is 0 Å². The average Bonchev–Trinajstić information content (AvgIpc) is 2.57. The zero-order valence-electron chi connectivity index (χ0n) is 10.1. The highest BCUT2D eigenvalue weighted by atomic mass is 16.6. The molecule has 1 heterocycles. The molecule has 0 radical (unpaired) electrons. The van der Waals surface area contributed by atoms with Gasteiger partial charge in [-0.1, -0.05) is 20.8 Å². The van der Waals surface area contributed by atoms with E-state index in [1.807, 2.05) is 0 Å². The average molecular weight is 226 g/mol. The van der Waals surface area contributed by atoms with Crippen molar-refractivity contribution in [3.63, 3.8) is 0 Å². The van der Waals surface area contributed by atoms with Gasteiger partial charge in [0.1, 0.15) is 6.20 Å².